The fourth-order valence-electron chi connectivity index (χ4n) is 3.69. The number of aryl methyl sites for hydroxylation is 1. The van der Waals surface area contributed by atoms with Gasteiger partial charge >= 0.3 is 11.8 Å². The Balaban J connectivity index is 1.48. The number of alkyl halides is 3. The summed E-state index contributed by atoms with van der Waals surface area (Å²) in [6.07, 6.45) is -4.44. The van der Waals surface area contributed by atoms with Crippen LogP contribution in [0.4, 0.5) is 13.2 Å². The monoisotopic (exact) mass is 479 g/mol. The molecule has 6 nitrogen and oxygen atoms in total. The van der Waals surface area contributed by atoms with E-state index in [1.807, 2.05) is 0 Å². The quantitative estimate of drug-likeness (QED) is 0.540. The van der Waals surface area contributed by atoms with E-state index in [2.05, 4.69) is 0 Å². The average Bonchev–Trinajstić information content (AvgIpc) is 3.22. The Bertz CT molecular complexity index is 1320. The van der Waals surface area contributed by atoms with E-state index >= 15 is 0 Å². The molecule has 1 aromatic heterocycles. The Hall–Kier alpha value is -3.11. The standard InChI is InChI=1S/C23H20F3NO5S/c1-15-11-20(13-22(28)31-15)32-19-9-10-27(14-19)33(29,30)21-7-5-16(6-8-21)17-3-2-4-18(12-17)23(24,25)26/h2-8,11-13,19H,9-10,14H2,1H3. The van der Waals surface area contributed by atoms with Crippen molar-refractivity contribution in [2.45, 2.75) is 30.5 Å². The number of hydrogen-bond donors (Lipinski definition) is 0. The topological polar surface area (TPSA) is 76.8 Å². The number of nitrogens with zero attached hydrogens (tertiary/aromatic N) is 1. The van der Waals surface area contributed by atoms with E-state index in [0.29, 0.717) is 29.1 Å². The van der Waals surface area contributed by atoms with E-state index in [1.165, 1.54) is 46.8 Å². The van der Waals surface area contributed by atoms with Gasteiger partial charge in [0.1, 0.15) is 17.6 Å². The van der Waals surface area contributed by atoms with Gasteiger partial charge in [-0.25, -0.2) is 13.2 Å². The minimum atomic E-state index is -4.46. The van der Waals surface area contributed by atoms with E-state index < -0.39 is 33.5 Å². The molecule has 0 aliphatic carbocycles. The van der Waals surface area contributed by atoms with Gasteiger partial charge in [-0.1, -0.05) is 24.3 Å². The number of sulfonamides is 1. The van der Waals surface area contributed by atoms with Crippen LogP contribution in [0, 0.1) is 6.92 Å². The van der Waals surface area contributed by atoms with Crippen LogP contribution in [0.15, 0.2) is 74.8 Å². The molecule has 4 rings (SSSR count). The molecule has 0 amide bonds. The second kappa shape index (κ2) is 8.68. The molecule has 1 aliphatic rings. The molecular weight excluding hydrogens is 459 g/mol. The smallest absolute Gasteiger partial charge is 0.416 e. The SMILES string of the molecule is Cc1cc(OC2CCN(S(=O)(=O)c3ccc(-c4cccc(C(F)(F)F)c4)cc3)C2)cc(=O)o1. The van der Waals surface area contributed by atoms with E-state index in [4.69, 9.17) is 9.15 Å². The molecule has 2 aromatic carbocycles. The van der Waals surface area contributed by atoms with Crippen molar-refractivity contribution in [2.24, 2.45) is 0 Å². The third-order valence-corrected chi connectivity index (χ3v) is 7.17. The highest BCUT2D eigenvalue weighted by Crippen LogP contribution is 2.33. The van der Waals surface area contributed by atoms with Crippen LogP contribution in [0.25, 0.3) is 11.1 Å². The van der Waals surface area contributed by atoms with Crippen LogP contribution >= 0.6 is 0 Å². The molecule has 0 spiro atoms. The lowest BCUT2D eigenvalue weighted by molar-refractivity contribution is -0.137. The minimum Gasteiger partial charge on any atom is -0.489 e. The highest BCUT2D eigenvalue weighted by Gasteiger charge is 2.34. The van der Waals surface area contributed by atoms with E-state index in [9.17, 15) is 26.4 Å². The van der Waals surface area contributed by atoms with E-state index in [1.54, 1.807) is 13.0 Å². The Kier molecular flexibility index (Phi) is 6.06. The van der Waals surface area contributed by atoms with Gasteiger partial charge in [-0.3, -0.25) is 0 Å². The molecule has 33 heavy (non-hydrogen) atoms. The summed E-state index contributed by atoms with van der Waals surface area (Å²) in [5, 5.41) is 0. The van der Waals surface area contributed by atoms with Crippen molar-refractivity contribution in [1.29, 1.82) is 0 Å². The van der Waals surface area contributed by atoms with Gasteiger partial charge in [-0.15, -0.1) is 0 Å². The van der Waals surface area contributed by atoms with Gasteiger partial charge < -0.3 is 9.15 Å². The Morgan fingerprint density at radius 2 is 1.76 bits per heavy atom. The summed E-state index contributed by atoms with van der Waals surface area (Å²) in [6.45, 7) is 1.96. The number of benzene rings is 2. The van der Waals surface area contributed by atoms with Crippen LogP contribution in [0.3, 0.4) is 0 Å². The zero-order chi connectivity index (χ0) is 23.8. The average molecular weight is 479 g/mol. The molecule has 1 fully saturated rings. The Morgan fingerprint density at radius 1 is 1.03 bits per heavy atom. The van der Waals surface area contributed by atoms with Gasteiger partial charge in [0.25, 0.3) is 0 Å². The van der Waals surface area contributed by atoms with Crippen LogP contribution in [0.2, 0.25) is 0 Å². The van der Waals surface area contributed by atoms with Crippen molar-refractivity contribution in [3.8, 4) is 16.9 Å². The zero-order valence-electron chi connectivity index (χ0n) is 17.5. The summed E-state index contributed by atoms with van der Waals surface area (Å²) < 4.78 is 76.9. The molecule has 3 aromatic rings. The molecular formula is C23H20F3NO5S. The molecule has 1 saturated heterocycles. The predicted octanol–water partition coefficient (Wildman–Crippen LogP) is 4.48. The lowest BCUT2D eigenvalue weighted by Gasteiger charge is -2.17. The van der Waals surface area contributed by atoms with Gasteiger partial charge in [-0.2, -0.15) is 17.5 Å². The first-order chi connectivity index (χ1) is 15.5. The molecule has 0 radical (unpaired) electrons. The number of hydrogen-bond acceptors (Lipinski definition) is 5. The maximum Gasteiger partial charge on any atom is 0.416 e. The molecule has 10 heteroatoms. The largest absolute Gasteiger partial charge is 0.489 e. The fraction of sp³-hybridized carbons (Fsp3) is 0.261. The second-order valence-corrected chi connectivity index (χ2v) is 9.66. The summed E-state index contributed by atoms with van der Waals surface area (Å²) in [4.78, 5) is 11.5. The van der Waals surface area contributed by atoms with Crippen molar-refractivity contribution < 1.29 is 30.7 Å². The van der Waals surface area contributed by atoms with Crippen LogP contribution in [0.1, 0.15) is 17.7 Å². The molecule has 1 atom stereocenters. The van der Waals surface area contributed by atoms with E-state index in [-0.39, 0.29) is 18.0 Å². The molecule has 0 N–H and O–H groups in total. The van der Waals surface area contributed by atoms with Gasteiger partial charge in [0.15, 0.2) is 0 Å². The highest BCUT2D eigenvalue weighted by molar-refractivity contribution is 7.89. The van der Waals surface area contributed by atoms with E-state index in [0.717, 1.165) is 12.1 Å². The van der Waals surface area contributed by atoms with Crippen molar-refractivity contribution in [2.75, 3.05) is 13.1 Å². The summed E-state index contributed by atoms with van der Waals surface area (Å²) in [5.41, 5.74) is -0.508. The molecule has 1 unspecified atom stereocenters. The Labute approximate surface area is 188 Å². The number of halogens is 3. The third-order valence-electron chi connectivity index (χ3n) is 5.29. The van der Waals surface area contributed by atoms with Crippen LogP contribution in [0.5, 0.6) is 5.75 Å². The maximum atomic E-state index is 13.0. The lowest BCUT2D eigenvalue weighted by atomic mass is 10.0. The summed E-state index contributed by atoms with van der Waals surface area (Å²) in [7, 11) is -3.82. The molecule has 0 saturated carbocycles. The first-order valence-corrected chi connectivity index (χ1v) is 11.5. The summed E-state index contributed by atoms with van der Waals surface area (Å²) in [6, 6.07) is 13.3. The van der Waals surface area contributed by atoms with Gasteiger partial charge in [0.2, 0.25) is 10.0 Å². The van der Waals surface area contributed by atoms with Crippen LogP contribution < -0.4 is 10.4 Å². The van der Waals surface area contributed by atoms with Gasteiger partial charge in [-0.05, 0) is 48.7 Å². The van der Waals surface area contributed by atoms with Crippen molar-refractivity contribution in [3.63, 3.8) is 0 Å². The number of rotatable bonds is 5. The molecule has 174 valence electrons. The molecule has 1 aliphatic heterocycles. The Morgan fingerprint density at radius 3 is 2.42 bits per heavy atom. The highest BCUT2D eigenvalue weighted by atomic mass is 32.2. The van der Waals surface area contributed by atoms with Crippen molar-refractivity contribution in [3.05, 3.63) is 82.4 Å². The first kappa shape index (κ1) is 23.1. The van der Waals surface area contributed by atoms with Crippen molar-refractivity contribution >= 4 is 10.0 Å². The van der Waals surface area contributed by atoms with Crippen LogP contribution in [-0.2, 0) is 16.2 Å². The van der Waals surface area contributed by atoms with Gasteiger partial charge in [0.05, 0.1) is 23.1 Å². The third kappa shape index (κ3) is 5.12. The first-order valence-electron chi connectivity index (χ1n) is 10.1. The summed E-state index contributed by atoms with van der Waals surface area (Å²) in [5.74, 6) is 0.708. The maximum absolute atomic E-state index is 13.0. The molecule has 2 heterocycles. The second-order valence-electron chi connectivity index (χ2n) is 7.72. The minimum absolute atomic E-state index is 0.0371. The predicted molar refractivity (Wildman–Crippen MR) is 114 cm³/mol. The van der Waals surface area contributed by atoms with Crippen LogP contribution in [-0.4, -0.2) is 31.9 Å². The van der Waals surface area contributed by atoms with Crippen molar-refractivity contribution in [1.82, 2.24) is 4.31 Å². The molecule has 0 bridgehead atoms. The van der Waals surface area contributed by atoms with Gasteiger partial charge in [0, 0.05) is 12.6 Å². The summed E-state index contributed by atoms with van der Waals surface area (Å²) >= 11 is 0. The zero-order valence-corrected chi connectivity index (χ0v) is 18.3. The lowest BCUT2D eigenvalue weighted by Crippen LogP contribution is -2.31. The normalized spacial score (nSPS) is 17.3. The fourth-order valence-corrected chi connectivity index (χ4v) is 5.18. The number of ether oxygens (including phenoxy) is 1.